The number of carboxylic acids is 2. The van der Waals surface area contributed by atoms with Gasteiger partial charge in [-0.25, -0.2) is 19.2 Å². The third-order valence-electron chi connectivity index (χ3n) is 6.13. The molecule has 0 amide bonds. The topological polar surface area (TPSA) is 127 Å². The van der Waals surface area contributed by atoms with Crippen molar-refractivity contribution >= 4 is 23.9 Å². The van der Waals surface area contributed by atoms with Crippen molar-refractivity contribution in [3.8, 4) is 0 Å². The molecule has 4 rings (SSSR count). The summed E-state index contributed by atoms with van der Waals surface area (Å²) in [6.07, 6.45) is 2.31. The Bertz CT molecular complexity index is 1440. The van der Waals surface area contributed by atoms with Crippen LogP contribution in [0.1, 0.15) is 22.3 Å². The molecule has 4 aromatic rings. The number of carbonyl (C=O) groups is 4. The summed E-state index contributed by atoms with van der Waals surface area (Å²) in [4.78, 5) is 46.0. The summed E-state index contributed by atoms with van der Waals surface area (Å²) in [5, 5.41) is 18.8. The quantitative estimate of drug-likeness (QED) is 0.152. The van der Waals surface area contributed by atoms with Crippen molar-refractivity contribution in [2.45, 2.75) is 26.1 Å². The smallest absolute Gasteiger partial charge is 0.332 e. The summed E-state index contributed by atoms with van der Waals surface area (Å²) in [6, 6.07) is 36.6. The van der Waals surface area contributed by atoms with Gasteiger partial charge in [0.05, 0.1) is 11.1 Å². The first-order valence-corrected chi connectivity index (χ1v) is 13.7. The summed E-state index contributed by atoms with van der Waals surface area (Å²) in [5.74, 6) is -3.56. The third-order valence-corrected chi connectivity index (χ3v) is 6.13. The lowest BCUT2D eigenvalue weighted by Gasteiger charge is -2.09. The van der Waals surface area contributed by atoms with Crippen LogP contribution in [0, 0.1) is 0 Å². The van der Waals surface area contributed by atoms with E-state index in [-0.39, 0.29) is 37.2 Å². The molecule has 8 nitrogen and oxygen atoms in total. The molecule has 0 saturated carbocycles. The van der Waals surface area contributed by atoms with Crippen molar-refractivity contribution in [1.82, 2.24) is 0 Å². The lowest BCUT2D eigenvalue weighted by Crippen LogP contribution is -2.15. The van der Waals surface area contributed by atoms with E-state index in [1.807, 2.05) is 72.8 Å². The fourth-order valence-corrected chi connectivity index (χ4v) is 3.91. The van der Waals surface area contributed by atoms with E-state index in [9.17, 15) is 29.4 Å². The van der Waals surface area contributed by atoms with Crippen molar-refractivity contribution < 1.29 is 38.9 Å². The SMILES string of the molecule is O=C(/C=C/C(=O)OCc1ccccc1)OCc1ccccc1.O=C(O)/C(Cc1ccccc1)=C(\Cc1ccccc1)C(=O)O. The molecule has 0 atom stereocenters. The maximum absolute atomic E-state index is 11.5. The number of carboxylic acid groups (broad SMARTS) is 2. The van der Waals surface area contributed by atoms with Crippen LogP contribution < -0.4 is 0 Å². The average molecular weight is 593 g/mol. The first-order valence-electron chi connectivity index (χ1n) is 13.7. The van der Waals surface area contributed by atoms with Crippen molar-refractivity contribution in [3.05, 3.63) is 167 Å². The van der Waals surface area contributed by atoms with Crippen LogP contribution in [-0.4, -0.2) is 34.1 Å². The maximum atomic E-state index is 11.5. The predicted molar refractivity (Wildman–Crippen MR) is 164 cm³/mol. The third kappa shape index (κ3) is 12.0. The van der Waals surface area contributed by atoms with Crippen LogP contribution in [0.2, 0.25) is 0 Å². The van der Waals surface area contributed by atoms with Crippen LogP contribution in [0.5, 0.6) is 0 Å². The van der Waals surface area contributed by atoms with Crippen molar-refractivity contribution in [3.63, 3.8) is 0 Å². The minimum absolute atomic E-state index is 0.0810. The molecule has 2 N–H and O–H groups in total. The van der Waals surface area contributed by atoms with Gasteiger partial charge in [0.2, 0.25) is 0 Å². The zero-order chi connectivity index (χ0) is 31.6. The number of aliphatic carboxylic acids is 2. The molecule has 4 aromatic carbocycles. The first-order chi connectivity index (χ1) is 21.3. The molecule has 0 radical (unpaired) electrons. The van der Waals surface area contributed by atoms with Gasteiger partial charge in [-0.2, -0.15) is 0 Å². The van der Waals surface area contributed by atoms with Crippen LogP contribution >= 0.6 is 0 Å². The molecule has 8 heteroatoms. The summed E-state index contributed by atoms with van der Waals surface area (Å²) in [6.45, 7) is 0.339. The molecule has 0 fully saturated rings. The Labute approximate surface area is 255 Å². The number of ether oxygens (including phenoxy) is 2. The molecule has 0 bridgehead atoms. The largest absolute Gasteiger partial charge is 0.478 e. The summed E-state index contributed by atoms with van der Waals surface area (Å²) in [5.41, 5.74) is 3.15. The Kier molecular flexibility index (Phi) is 13.3. The van der Waals surface area contributed by atoms with Gasteiger partial charge in [-0.05, 0) is 22.3 Å². The van der Waals surface area contributed by atoms with Gasteiger partial charge in [0, 0.05) is 25.0 Å². The first kappa shape index (κ1) is 32.8. The average Bonchev–Trinajstić information content (AvgIpc) is 3.05. The van der Waals surface area contributed by atoms with Gasteiger partial charge in [-0.3, -0.25) is 0 Å². The second kappa shape index (κ2) is 17.9. The molecule has 224 valence electrons. The van der Waals surface area contributed by atoms with Gasteiger partial charge in [0.15, 0.2) is 0 Å². The van der Waals surface area contributed by atoms with E-state index >= 15 is 0 Å². The Morgan fingerprint density at radius 1 is 0.455 bits per heavy atom. The van der Waals surface area contributed by atoms with Crippen LogP contribution in [0.15, 0.2) is 145 Å². The fourth-order valence-electron chi connectivity index (χ4n) is 3.91. The van der Waals surface area contributed by atoms with E-state index in [1.165, 1.54) is 0 Å². The van der Waals surface area contributed by atoms with Gasteiger partial charge in [0.1, 0.15) is 13.2 Å². The van der Waals surface area contributed by atoms with Crippen molar-refractivity contribution in [2.75, 3.05) is 0 Å². The Morgan fingerprint density at radius 3 is 1.00 bits per heavy atom. The highest BCUT2D eigenvalue weighted by Gasteiger charge is 2.20. The van der Waals surface area contributed by atoms with Crippen molar-refractivity contribution in [1.29, 1.82) is 0 Å². The zero-order valence-corrected chi connectivity index (χ0v) is 23.9. The molecular formula is C36H32O8. The van der Waals surface area contributed by atoms with Crippen LogP contribution in [0.4, 0.5) is 0 Å². The Morgan fingerprint density at radius 2 is 0.727 bits per heavy atom. The number of esters is 2. The highest BCUT2D eigenvalue weighted by molar-refractivity contribution is 5.99. The van der Waals surface area contributed by atoms with E-state index in [1.54, 1.807) is 48.5 Å². The van der Waals surface area contributed by atoms with Gasteiger partial charge < -0.3 is 19.7 Å². The van der Waals surface area contributed by atoms with Crippen molar-refractivity contribution in [2.24, 2.45) is 0 Å². The molecular weight excluding hydrogens is 560 g/mol. The van der Waals surface area contributed by atoms with E-state index in [2.05, 4.69) is 0 Å². The molecule has 0 aliphatic carbocycles. The number of benzene rings is 4. The standard InChI is InChI=1S/2C18H16O4/c19-17(20)15(11-13-7-3-1-4-8-13)16(18(21)22)12-14-9-5-2-6-10-14;19-17(21-13-15-7-3-1-4-8-15)11-12-18(20)22-14-16-9-5-2-6-10-16/h1-10H,11-12H2,(H,19,20)(H,21,22);1-12H,13-14H2/b16-15+;12-11+. The second-order valence-electron chi connectivity index (χ2n) is 9.41. The van der Waals surface area contributed by atoms with Gasteiger partial charge in [-0.15, -0.1) is 0 Å². The maximum Gasteiger partial charge on any atom is 0.332 e. The molecule has 0 aromatic heterocycles. The molecule has 0 spiro atoms. The fraction of sp³-hybridized carbons (Fsp3) is 0.111. The van der Waals surface area contributed by atoms with Crippen LogP contribution in [0.25, 0.3) is 0 Å². The number of rotatable bonds is 12. The summed E-state index contributed by atoms with van der Waals surface area (Å²) >= 11 is 0. The highest BCUT2D eigenvalue weighted by atomic mass is 16.5. The second-order valence-corrected chi connectivity index (χ2v) is 9.41. The lowest BCUT2D eigenvalue weighted by atomic mass is 9.95. The van der Waals surface area contributed by atoms with Crippen LogP contribution in [-0.2, 0) is 54.7 Å². The molecule has 0 saturated heterocycles. The number of hydrogen-bond donors (Lipinski definition) is 2. The Balaban J connectivity index is 0.000000240. The zero-order valence-electron chi connectivity index (χ0n) is 23.9. The van der Waals surface area contributed by atoms with Gasteiger partial charge in [-0.1, -0.05) is 121 Å². The number of hydrogen-bond acceptors (Lipinski definition) is 6. The van der Waals surface area contributed by atoms with E-state index in [4.69, 9.17) is 9.47 Å². The van der Waals surface area contributed by atoms with Crippen LogP contribution in [0.3, 0.4) is 0 Å². The predicted octanol–water partition coefficient (Wildman–Crippen LogP) is 5.97. The van der Waals surface area contributed by atoms with Gasteiger partial charge in [0.25, 0.3) is 0 Å². The molecule has 44 heavy (non-hydrogen) atoms. The summed E-state index contributed by atoms with van der Waals surface area (Å²) in [7, 11) is 0. The highest BCUT2D eigenvalue weighted by Crippen LogP contribution is 2.18. The van der Waals surface area contributed by atoms with Gasteiger partial charge >= 0.3 is 23.9 Å². The number of carbonyl (C=O) groups excluding carboxylic acids is 2. The molecule has 0 aliphatic rings. The van der Waals surface area contributed by atoms with E-state index in [0.717, 1.165) is 34.4 Å². The molecule has 0 heterocycles. The van der Waals surface area contributed by atoms with E-state index in [0.29, 0.717) is 0 Å². The normalized spacial score (nSPS) is 11.0. The molecule has 0 aliphatic heterocycles. The minimum Gasteiger partial charge on any atom is -0.478 e. The summed E-state index contributed by atoms with van der Waals surface area (Å²) < 4.78 is 10.0. The molecule has 0 unspecified atom stereocenters. The van der Waals surface area contributed by atoms with E-state index < -0.39 is 23.9 Å². The monoisotopic (exact) mass is 592 g/mol. The Hall–Kier alpha value is -5.76. The minimum atomic E-state index is -1.20. The lowest BCUT2D eigenvalue weighted by molar-refractivity contribution is -0.141.